The number of rotatable bonds is 2. The SMILES string of the molecule is CC1(C)NCC(=O)N(Cc2ccc(Br)cn2)C1=O. The highest BCUT2D eigenvalue weighted by Crippen LogP contribution is 2.16. The van der Waals surface area contributed by atoms with E-state index in [2.05, 4.69) is 26.2 Å². The lowest BCUT2D eigenvalue weighted by molar-refractivity contribution is -0.153. The van der Waals surface area contributed by atoms with Crippen molar-refractivity contribution in [3.8, 4) is 0 Å². The average Bonchev–Trinajstić information content (AvgIpc) is 2.33. The Kier molecular flexibility index (Phi) is 3.49. The number of hydrogen-bond donors (Lipinski definition) is 1. The molecule has 5 nitrogen and oxygen atoms in total. The minimum atomic E-state index is -0.705. The van der Waals surface area contributed by atoms with Crippen molar-refractivity contribution in [3.05, 3.63) is 28.5 Å². The molecule has 0 saturated carbocycles. The first kappa shape index (κ1) is 13.2. The second-order valence-corrected chi connectivity index (χ2v) is 5.65. The Bertz CT molecular complexity index is 485. The van der Waals surface area contributed by atoms with Gasteiger partial charge in [-0.25, -0.2) is 0 Å². The van der Waals surface area contributed by atoms with Gasteiger partial charge in [0, 0.05) is 10.7 Å². The van der Waals surface area contributed by atoms with Crippen LogP contribution in [0.5, 0.6) is 0 Å². The van der Waals surface area contributed by atoms with Crippen molar-refractivity contribution in [3.63, 3.8) is 0 Å². The number of hydrogen-bond acceptors (Lipinski definition) is 4. The van der Waals surface area contributed by atoms with Crippen LogP contribution in [0.4, 0.5) is 0 Å². The second kappa shape index (κ2) is 4.78. The summed E-state index contributed by atoms with van der Waals surface area (Å²) in [5.74, 6) is -0.437. The Labute approximate surface area is 114 Å². The van der Waals surface area contributed by atoms with Gasteiger partial charge in [-0.2, -0.15) is 0 Å². The molecule has 0 bridgehead atoms. The van der Waals surface area contributed by atoms with Crippen LogP contribution in [-0.4, -0.2) is 33.8 Å². The zero-order valence-electron chi connectivity index (χ0n) is 10.2. The molecule has 1 aromatic rings. The molecule has 0 atom stereocenters. The molecule has 1 aliphatic heterocycles. The molecule has 18 heavy (non-hydrogen) atoms. The molecule has 0 spiro atoms. The zero-order valence-corrected chi connectivity index (χ0v) is 11.8. The molecule has 0 aliphatic carbocycles. The number of nitrogens with one attached hydrogen (secondary N) is 1. The Morgan fingerprint density at radius 1 is 1.44 bits per heavy atom. The van der Waals surface area contributed by atoms with Crippen LogP contribution in [0, 0.1) is 0 Å². The van der Waals surface area contributed by atoms with Gasteiger partial charge < -0.3 is 0 Å². The van der Waals surface area contributed by atoms with E-state index in [0.29, 0.717) is 5.69 Å². The Hall–Kier alpha value is -1.27. The van der Waals surface area contributed by atoms with E-state index in [9.17, 15) is 9.59 Å². The molecule has 96 valence electrons. The highest BCUT2D eigenvalue weighted by molar-refractivity contribution is 9.10. The molecule has 2 rings (SSSR count). The molecule has 1 fully saturated rings. The number of pyridine rings is 1. The quantitative estimate of drug-likeness (QED) is 0.830. The van der Waals surface area contributed by atoms with Gasteiger partial charge in [0.2, 0.25) is 11.8 Å². The van der Waals surface area contributed by atoms with E-state index in [1.807, 2.05) is 6.07 Å². The first-order valence-corrected chi connectivity index (χ1v) is 6.40. The van der Waals surface area contributed by atoms with Crippen LogP contribution >= 0.6 is 15.9 Å². The van der Waals surface area contributed by atoms with Crippen LogP contribution in [0.2, 0.25) is 0 Å². The fourth-order valence-corrected chi connectivity index (χ4v) is 1.97. The summed E-state index contributed by atoms with van der Waals surface area (Å²) in [6, 6.07) is 3.63. The van der Waals surface area contributed by atoms with E-state index in [1.165, 1.54) is 4.90 Å². The zero-order chi connectivity index (χ0) is 13.3. The van der Waals surface area contributed by atoms with E-state index in [0.717, 1.165) is 4.47 Å². The van der Waals surface area contributed by atoms with Gasteiger partial charge in [0.05, 0.1) is 24.3 Å². The summed E-state index contributed by atoms with van der Waals surface area (Å²) in [4.78, 5) is 29.3. The third-order valence-corrected chi connectivity index (χ3v) is 3.34. The topological polar surface area (TPSA) is 62.3 Å². The molecule has 2 amide bonds. The summed E-state index contributed by atoms with van der Waals surface area (Å²) in [5, 5.41) is 2.91. The molecule has 0 aromatic carbocycles. The van der Waals surface area contributed by atoms with Gasteiger partial charge in [0.25, 0.3) is 0 Å². The summed E-state index contributed by atoms with van der Waals surface area (Å²) in [6.45, 7) is 3.93. The molecule has 2 heterocycles. The van der Waals surface area contributed by atoms with Crippen LogP contribution in [0.1, 0.15) is 19.5 Å². The van der Waals surface area contributed by atoms with Crippen LogP contribution in [0.15, 0.2) is 22.8 Å². The van der Waals surface area contributed by atoms with Crippen molar-refractivity contribution < 1.29 is 9.59 Å². The van der Waals surface area contributed by atoms with Gasteiger partial charge in [-0.3, -0.25) is 24.8 Å². The molecule has 1 aromatic heterocycles. The largest absolute Gasteiger partial charge is 0.295 e. The highest BCUT2D eigenvalue weighted by Gasteiger charge is 2.39. The van der Waals surface area contributed by atoms with Crippen LogP contribution in [0.25, 0.3) is 0 Å². The number of imide groups is 1. The van der Waals surface area contributed by atoms with E-state index in [1.54, 1.807) is 26.1 Å². The maximum atomic E-state index is 12.1. The summed E-state index contributed by atoms with van der Waals surface area (Å²) in [7, 11) is 0. The van der Waals surface area contributed by atoms with Crippen molar-refractivity contribution in [2.45, 2.75) is 25.9 Å². The smallest absolute Gasteiger partial charge is 0.249 e. The third kappa shape index (κ3) is 2.59. The molecular weight excluding hydrogens is 298 g/mol. The van der Waals surface area contributed by atoms with Gasteiger partial charge in [0.15, 0.2) is 0 Å². The normalized spacial score (nSPS) is 19.2. The maximum absolute atomic E-state index is 12.1. The van der Waals surface area contributed by atoms with Crippen molar-refractivity contribution in [1.82, 2.24) is 15.2 Å². The van der Waals surface area contributed by atoms with Gasteiger partial charge in [-0.05, 0) is 41.9 Å². The number of aromatic nitrogens is 1. The predicted octanol–water partition coefficient (Wildman–Crippen LogP) is 1.08. The lowest BCUT2D eigenvalue weighted by atomic mass is 10.0. The lowest BCUT2D eigenvalue weighted by Gasteiger charge is -2.36. The number of nitrogens with zero attached hydrogens (tertiary/aromatic N) is 2. The van der Waals surface area contributed by atoms with E-state index in [4.69, 9.17) is 0 Å². The van der Waals surface area contributed by atoms with E-state index in [-0.39, 0.29) is 24.9 Å². The van der Waals surface area contributed by atoms with Crippen LogP contribution in [0.3, 0.4) is 0 Å². The summed E-state index contributed by atoms with van der Waals surface area (Å²) in [5.41, 5.74) is -0.0129. The molecule has 0 radical (unpaired) electrons. The fraction of sp³-hybridized carbons (Fsp3) is 0.417. The molecule has 1 saturated heterocycles. The number of carbonyl (C=O) groups excluding carboxylic acids is 2. The Balaban J connectivity index is 2.18. The standard InChI is InChI=1S/C12H14BrN3O2/c1-12(2)11(18)16(10(17)6-15-12)7-9-4-3-8(13)5-14-9/h3-5,15H,6-7H2,1-2H3. The molecule has 1 N–H and O–H groups in total. The van der Waals surface area contributed by atoms with Crippen molar-refractivity contribution in [2.24, 2.45) is 0 Å². The van der Waals surface area contributed by atoms with Gasteiger partial charge in [-0.1, -0.05) is 0 Å². The molecular formula is C12H14BrN3O2. The van der Waals surface area contributed by atoms with Crippen LogP contribution in [-0.2, 0) is 16.1 Å². The number of amides is 2. The summed E-state index contributed by atoms with van der Waals surface area (Å²) < 4.78 is 0.865. The maximum Gasteiger partial charge on any atom is 0.249 e. The number of carbonyl (C=O) groups is 2. The lowest BCUT2D eigenvalue weighted by Crippen LogP contribution is -2.63. The minimum absolute atomic E-state index is 0.176. The minimum Gasteiger partial charge on any atom is -0.295 e. The van der Waals surface area contributed by atoms with Gasteiger partial charge in [-0.15, -0.1) is 0 Å². The molecule has 0 unspecified atom stereocenters. The Morgan fingerprint density at radius 3 is 2.78 bits per heavy atom. The number of piperazine rings is 1. The van der Waals surface area contributed by atoms with E-state index >= 15 is 0 Å². The predicted molar refractivity (Wildman–Crippen MR) is 69.6 cm³/mol. The fourth-order valence-electron chi connectivity index (χ4n) is 1.74. The average molecular weight is 312 g/mol. The van der Waals surface area contributed by atoms with Crippen molar-refractivity contribution >= 4 is 27.7 Å². The van der Waals surface area contributed by atoms with Crippen molar-refractivity contribution in [1.29, 1.82) is 0 Å². The number of halogens is 1. The second-order valence-electron chi connectivity index (χ2n) is 4.73. The van der Waals surface area contributed by atoms with E-state index < -0.39 is 5.54 Å². The van der Waals surface area contributed by atoms with Gasteiger partial charge >= 0.3 is 0 Å². The third-order valence-electron chi connectivity index (χ3n) is 2.87. The monoisotopic (exact) mass is 311 g/mol. The highest BCUT2D eigenvalue weighted by atomic mass is 79.9. The van der Waals surface area contributed by atoms with Gasteiger partial charge in [0.1, 0.15) is 0 Å². The summed E-state index contributed by atoms with van der Waals surface area (Å²) >= 11 is 3.29. The summed E-state index contributed by atoms with van der Waals surface area (Å²) in [6.07, 6.45) is 1.65. The van der Waals surface area contributed by atoms with Crippen LogP contribution < -0.4 is 5.32 Å². The molecule has 6 heteroatoms. The molecule has 1 aliphatic rings. The van der Waals surface area contributed by atoms with Crippen molar-refractivity contribution in [2.75, 3.05) is 6.54 Å². The first-order chi connectivity index (χ1) is 8.40. The first-order valence-electron chi connectivity index (χ1n) is 5.60. The Morgan fingerprint density at radius 2 is 2.17 bits per heavy atom.